The number of carbonyl (C=O) groups excluding carboxylic acids is 2. The van der Waals surface area contributed by atoms with Crippen molar-refractivity contribution in [2.75, 3.05) is 24.7 Å². The first-order valence-corrected chi connectivity index (χ1v) is 10.8. The van der Waals surface area contributed by atoms with E-state index >= 15 is 0 Å². The quantitative estimate of drug-likeness (QED) is 0.499. The molecule has 170 valence electrons. The van der Waals surface area contributed by atoms with Gasteiger partial charge >= 0.3 is 0 Å². The van der Waals surface area contributed by atoms with E-state index in [-0.39, 0.29) is 5.91 Å². The van der Waals surface area contributed by atoms with E-state index in [1.807, 2.05) is 27.0 Å². The molecule has 0 radical (unpaired) electrons. The van der Waals surface area contributed by atoms with Gasteiger partial charge in [-0.1, -0.05) is 30.5 Å². The molecule has 1 aromatic carbocycles. The zero-order chi connectivity index (χ0) is 22.6. The maximum Gasteiger partial charge on any atom is 0.220 e. The van der Waals surface area contributed by atoms with Crippen molar-refractivity contribution in [3.63, 3.8) is 0 Å². The number of methoxy groups -OCH3 is 1. The fourth-order valence-electron chi connectivity index (χ4n) is 3.66. The van der Waals surface area contributed by atoms with Crippen LogP contribution in [0.1, 0.15) is 56.4 Å². The number of aryl methyl sites for hydroxylation is 2. The van der Waals surface area contributed by atoms with Gasteiger partial charge < -0.3 is 25.6 Å². The third-order valence-electron chi connectivity index (χ3n) is 5.38. The number of benzene rings is 1. The molecule has 2 heterocycles. The lowest BCUT2D eigenvalue weighted by Crippen LogP contribution is -2.13. The molecule has 1 aromatic heterocycles. The van der Waals surface area contributed by atoms with E-state index in [0.29, 0.717) is 23.9 Å². The molecule has 0 spiro atoms. The van der Waals surface area contributed by atoms with Crippen LogP contribution in [0.4, 0.5) is 11.4 Å². The third-order valence-corrected chi connectivity index (χ3v) is 5.38. The normalized spacial score (nSPS) is 15.8. The van der Waals surface area contributed by atoms with Gasteiger partial charge in [-0.2, -0.15) is 0 Å². The Morgan fingerprint density at radius 2 is 1.97 bits per heavy atom. The van der Waals surface area contributed by atoms with Crippen LogP contribution in [0.25, 0.3) is 11.1 Å². The van der Waals surface area contributed by atoms with Crippen molar-refractivity contribution < 1.29 is 18.8 Å². The summed E-state index contributed by atoms with van der Waals surface area (Å²) < 4.78 is 10.3. The predicted molar refractivity (Wildman–Crippen MR) is 122 cm³/mol. The molecule has 31 heavy (non-hydrogen) atoms. The second-order valence-corrected chi connectivity index (χ2v) is 7.71. The number of aromatic nitrogens is 1. The summed E-state index contributed by atoms with van der Waals surface area (Å²) >= 11 is 0. The number of rotatable bonds is 4. The molecular weight excluding hydrogens is 396 g/mol. The molecule has 8 nitrogen and oxygen atoms in total. The summed E-state index contributed by atoms with van der Waals surface area (Å²) in [4.78, 5) is 20.6. The Labute approximate surface area is 183 Å². The van der Waals surface area contributed by atoms with Gasteiger partial charge in [0.05, 0.1) is 23.2 Å². The molecule has 2 aromatic rings. The van der Waals surface area contributed by atoms with Gasteiger partial charge in [-0.05, 0) is 50.8 Å². The minimum absolute atomic E-state index is 0.204. The highest BCUT2D eigenvalue weighted by Gasteiger charge is 2.13. The van der Waals surface area contributed by atoms with Crippen LogP contribution >= 0.6 is 0 Å². The molecule has 2 fully saturated rings. The predicted octanol–water partition coefficient (Wildman–Crippen LogP) is 3.97. The zero-order valence-corrected chi connectivity index (χ0v) is 18.7. The molecule has 1 aliphatic heterocycles. The zero-order valence-electron chi connectivity index (χ0n) is 18.7. The number of nitrogen functional groups attached to an aromatic ring is 1. The first-order valence-electron chi connectivity index (χ1n) is 10.8. The van der Waals surface area contributed by atoms with Gasteiger partial charge in [0.1, 0.15) is 5.76 Å². The van der Waals surface area contributed by atoms with Gasteiger partial charge in [-0.3, -0.25) is 9.59 Å². The first-order chi connectivity index (χ1) is 15.0. The van der Waals surface area contributed by atoms with Gasteiger partial charge in [-0.25, -0.2) is 0 Å². The molecule has 8 heteroatoms. The van der Waals surface area contributed by atoms with Crippen molar-refractivity contribution in [3.8, 4) is 11.1 Å². The van der Waals surface area contributed by atoms with Gasteiger partial charge in [0.25, 0.3) is 0 Å². The van der Waals surface area contributed by atoms with Gasteiger partial charge in [-0.15, -0.1) is 0 Å². The summed E-state index contributed by atoms with van der Waals surface area (Å²) in [5, 5.41) is 9.14. The molecule has 2 aliphatic rings. The topological polar surface area (TPSA) is 119 Å². The number of amides is 2. The Hall–Kier alpha value is -2.87. The van der Waals surface area contributed by atoms with Crippen molar-refractivity contribution in [1.82, 2.24) is 10.5 Å². The molecule has 4 rings (SSSR count). The van der Waals surface area contributed by atoms with Crippen LogP contribution in [-0.2, 0) is 14.3 Å². The largest absolute Gasteiger partial charge is 0.397 e. The fraction of sp³-hybridized carbons (Fsp3) is 0.522. The molecule has 2 amide bonds. The fourth-order valence-corrected chi connectivity index (χ4v) is 3.66. The van der Waals surface area contributed by atoms with Crippen LogP contribution in [0.3, 0.4) is 0 Å². The molecule has 0 unspecified atom stereocenters. The summed E-state index contributed by atoms with van der Waals surface area (Å²) in [5.74, 6) is 0.944. The maximum atomic E-state index is 10.5. The number of anilines is 2. The average Bonchev–Trinajstić information content (AvgIpc) is 3.39. The van der Waals surface area contributed by atoms with E-state index in [0.717, 1.165) is 42.0 Å². The number of nitrogens with zero attached hydrogens (tertiary/aromatic N) is 1. The second kappa shape index (κ2) is 12.7. The molecule has 1 saturated heterocycles. The van der Waals surface area contributed by atoms with Crippen molar-refractivity contribution in [2.24, 2.45) is 0 Å². The van der Waals surface area contributed by atoms with Crippen LogP contribution < -0.4 is 16.4 Å². The van der Waals surface area contributed by atoms with Crippen LogP contribution in [0, 0.1) is 13.8 Å². The highest BCUT2D eigenvalue weighted by atomic mass is 16.5. The van der Waals surface area contributed by atoms with E-state index in [4.69, 9.17) is 15.0 Å². The molecule has 1 aliphatic carbocycles. The van der Waals surface area contributed by atoms with Gasteiger partial charge in [0.2, 0.25) is 12.3 Å². The summed E-state index contributed by atoms with van der Waals surface area (Å²) in [7, 11) is 1.82. The lowest BCUT2D eigenvalue weighted by Gasteiger charge is -2.19. The Balaban J connectivity index is 0.000000200. The van der Waals surface area contributed by atoms with Crippen LogP contribution in [-0.4, -0.2) is 37.2 Å². The Morgan fingerprint density at radius 1 is 1.23 bits per heavy atom. The van der Waals surface area contributed by atoms with E-state index in [1.54, 1.807) is 12.1 Å². The number of nitrogens with two attached hydrogens (primary N) is 1. The highest BCUT2D eigenvalue weighted by Crippen LogP contribution is 2.31. The minimum Gasteiger partial charge on any atom is -0.397 e. The van der Waals surface area contributed by atoms with Crippen molar-refractivity contribution in [2.45, 2.75) is 64.9 Å². The Bertz CT molecular complexity index is 817. The lowest BCUT2D eigenvalue weighted by atomic mass is 9.98. The number of hydrogen-bond acceptors (Lipinski definition) is 6. The molecule has 0 bridgehead atoms. The van der Waals surface area contributed by atoms with Gasteiger partial charge in [0, 0.05) is 25.6 Å². The number of ether oxygens (including phenoxy) is 1. The summed E-state index contributed by atoms with van der Waals surface area (Å²) in [5.41, 5.74) is 9.50. The van der Waals surface area contributed by atoms with E-state index in [2.05, 4.69) is 15.8 Å². The monoisotopic (exact) mass is 430 g/mol. The van der Waals surface area contributed by atoms with Gasteiger partial charge in [0.15, 0.2) is 0 Å². The average molecular weight is 431 g/mol. The van der Waals surface area contributed by atoms with E-state index in [9.17, 15) is 9.59 Å². The summed E-state index contributed by atoms with van der Waals surface area (Å²) in [6.07, 6.45) is 9.69. The number of carbonyl (C=O) groups is 2. The smallest absolute Gasteiger partial charge is 0.220 e. The lowest BCUT2D eigenvalue weighted by molar-refractivity contribution is -0.119. The number of nitrogens with one attached hydrogen (secondary N) is 2. The summed E-state index contributed by atoms with van der Waals surface area (Å²) in [6, 6.07) is 5.42. The SMILES string of the molecule is COC1CCCCC1.Cc1noc(C)c1-c1ccc(N)c(NC=O)c1.O=C1CCCN1. The van der Waals surface area contributed by atoms with Crippen molar-refractivity contribution in [1.29, 1.82) is 0 Å². The standard InChI is InChI=1S/C12H13N3O2.C7H14O.C4H7NO/c1-7-12(8(2)17-15-7)9-3-4-10(13)11(5-9)14-6-16;1-8-7-5-3-2-4-6-7;6-4-2-1-3-5-4/h3-6H,13H2,1-2H3,(H,14,16);7H,2-6H2,1H3;1-3H2,(H,5,6). The molecule has 4 N–H and O–H groups in total. The third kappa shape index (κ3) is 7.71. The maximum absolute atomic E-state index is 10.5. The van der Waals surface area contributed by atoms with Crippen LogP contribution in [0.2, 0.25) is 0 Å². The Kier molecular flexibility index (Phi) is 10.0. The minimum atomic E-state index is 0.204. The summed E-state index contributed by atoms with van der Waals surface area (Å²) in [6.45, 7) is 4.60. The Morgan fingerprint density at radius 3 is 2.42 bits per heavy atom. The second-order valence-electron chi connectivity index (χ2n) is 7.71. The molecule has 1 saturated carbocycles. The van der Waals surface area contributed by atoms with Crippen molar-refractivity contribution in [3.05, 3.63) is 29.7 Å². The van der Waals surface area contributed by atoms with Crippen LogP contribution in [0.5, 0.6) is 0 Å². The molecular formula is C23H34N4O4. The highest BCUT2D eigenvalue weighted by molar-refractivity contribution is 5.84. The molecule has 0 atom stereocenters. The van der Waals surface area contributed by atoms with Crippen molar-refractivity contribution >= 4 is 23.7 Å². The van der Waals surface area contributed by atoms with E-state index in [1.165, 1.54) is 32.1 Å². The van der Waals surface area contributed by atoms with E-state index < -0.39 is 0 Å². The first kappa shape index (κ1) is 24.4. The van der Waals surface area contributed by atoms with Crippen LogP contribution in [0.15, 0.2) is 22.7 Å². The number of hydrogen-bond donors (Lipinski definition) is 3.